The van der Waals surface area contributed by atoms with Crippen LogP contribution in [-0.2, 0) is 14.3 Å². The number of methoxy groups -OCH3 is 1. The van der Waals surface area contributed by atoms with Crippen molar-refractivity contribution >= 4 is 11.9 Å². The second-order valence-corrected chi connectivity index (χ2v) is 7.00. The molecule has 0 spiro atoms. The highest BCUT2D eigenvalue weighted by Crippen LogP contribution is 2.22. The number of hydrogen-bond donors (Lipinski definition) is 1. The molecule has 25 heavy (non-hydrogen) atoms. The third-order valence-corrected chi connectivity index (χ3v) is 3.73. The van der Waals surface area contributed by atoms with Gasteiger partial charge in [-0.05, 0) is 45.0 Å². The first-order chi connectivity index (χ1) is 11.7. The first-order valence-electron chi connectivity index (χ1n) is 8.16. The van der Waals surface area contributed by atoms with Crippen molar-refractivity contribution < 1.29 is 28.9 Å². The second-order valence-electron chi connectivity index (χ2n) is 7.00. The van der Waals surface area contributed by atoms with Crippen molar-refractivity contribution in [3.05, 3.63) is 29.8 Å². The van der Waals surface area contributed by atoms with Crippen molar-refractivity contribution in [2.24, 2.45) is 0 Å². The van der Waals surface area contributed by atoms with Gasteiger partial charge in [0.25, 0.3) is 0 Å². The van der Waals surface area contributed by atoms with Crippen molar-refractivity contribution in [3.63, 3.8) is 0 Å². The molecule has 0 radical (unpaired) electrons. The molecule has 7 heteroatoms. The lowest BCUT2D eigenvalue weighted by molar-refractivity contribution is -0.161. The maximum Gasteiger partial charge on any atom is 0.337 e. The van der Waals surface area contributed by atoms with Gasteiger partial charge in [-0.25, -0.2) is 4.79 Å². The molecular weight excluding hydrogens is 326 g/mol. The quantitative estimate of drug-likeness (QED) is 0.806. The van der Waals surface area contributed by atoms with Gasteiger partial charge in [0.05, 0.1) is 18.8 Å². The van der Waals surface area contributed by atoms with E-state index in [4.69, 9.17) is 9.47 Å². The Hall–Kier alpha value is -2.12. The van der Waals surface area contributed by atoms with Crippen LogP contribution in [0.2, 0.25) is 0 Å². The topological polar surface area (TPSA) is 85.3 Å². The molecule has 1 saturated heterocycles. The van der Waals surface area contributed by atoms with E-state index < -0.39 is 23.7 Å². The SMILES string of the molecule is COC(=O)c1ccc(OCN2CC(O)CC2C(=O)OC(C)(C)C)cc1. The number of nitrogens with zero attached hydrogens (tertiary/aromatic N) is 1. The fraction of sp³-hybridized carbons (Fsp3) is 0.556. The Labute approximate surface area is 147 Å². The number of ether oxygens (including phenoxy) is 3. The van der Waals surface area contributed by atoms with Crippen molar-refractivity contribution in [1.82, 2.24) is 4.90 Å². The summed E-state index contributed by atoms with van der Waals surface area (Å²) in [7, 11) is 1.32. The molecule has 2 rings (SSSR count). The van der Waals surface area contributed by atoms with E-state index in [1.165, 1.54) is 7.11 Å². The van der Waals surface area contributed by atoms with Gasteiger partial charge in [0.2, 0.25) is 0 Å². The van der Waals surface area contributed by atoms with Crippen molar-refractivity contribution in [2.45, 2.75) is 44.9 Å². The summed E-state index contributed by atoms with van der Waals surface area (Å²) in [6.07, 6.45) is -0.276. The summed E-state index contributed by atoms with van der Waals surface area (Å²) in [6.45, 7) is 5.89. The van der Waals surface area contributed by atoms with Gasteiger partial charge in [-0.1, -0.05) is 0 Å². The number of β-amino-alcohol motifs (C(OH)–C–C–N with tert-alkyl or cyclic N) is 1. The van der Waals surface area contributed by atoms with E-state index >= 15 is 0 Å². The van der Waals surface area contributed by atoms with Crippen molar-refractivity contribution in [3.8, 4) is 5.75 Å². The maximum absolute atomic E-state index is 12.3. The van der Waals surface area contributed by atoms with E-state index in [-0.39, 0.29) is 12.7 Å². The summed E-state index contributed by atoms with van der Waals surface area (Å²) >= 11 is 0. The number of likely N-dealkylation sites (tertiary alicyclic amines) is 1. The minimum absolute atomic E-state index is 0.137. The Kier molecular flexibility index (Phi) is 6.02. The van der Waals surface area contributed by atoms with Gasteiger partial charge < -0.3 is 19.3 Å². The molecule has 1 heterocycles. The zero-order chi connectivity index (χ0) is 18.6. The van der Waals surface area contributed by atoms with Crippen LogP contribution in [0.4, 0.5) is 0 Å². The van der Waals surface area contributed by atoms with Gasteiger partial charge in [-0.3, -0.25) is 9.69 Å². The molecule has 0 saturated carbocycles. The Morgan fingerprint density at radius 2 is 1.88 bits per heavy atom. The fourth-order valence-electron chi connectivity index (χ4n) is 2.60. The Morgan fingerprint density at radius 3 is 2.44 bits per heavy atom. The van der Waals surface area contributed by atoms with Crippen LogP contribution < -0.4 is 4.74 Å². The molecule has 1 fully saturated rings. The number of carbonyl (C=O) groups is 2. The molecule has 7 nitrogen and oxygen atoms in total. The molecule has 1 aromatic carbocycles. The molecule has 2 unspecified atom stereocenters. The minimum atomic E-state index is -0.595. The third kappa shape index (κ3) is 5.44. The first kappa shape index (κ1) is 19.2. The second kappa shape index (κ2) is 7.84. The Morgan fingerprint density at radius 1 is 1.24 bits per heavy atom. The number of hydrogen-bond acceptors (Lipinski definition) is 7. The van der Waals surface area contributed by atoms with Crippen LogP contribution in [0, 0.1) is 0 Å². The molecular formula is C18H25NO6. The average molecular weight is 351 g/mol. The molecule has 138 valence electrons. The molecule has 2 atom stereocenters. The average Bonchev–Trinajstić information content (AvgIpc) is 2.92. The summed E-state index contributed by atoms with van der Waals surface area (Å²) in [6, 6.07) is 5.97. The van der Waals surface area contributed by atoms with Crippen LogP contribution >= 0.6 is 0 Å². The molecule has 1 aliphatic heterocycles. The normalized spacial score (nSPS) is 21.0. The largest absolute Gasteiger partial charge is 0.478 e. The van der Waals surface area contributed by atoms with Crippen LogP contribution in [0.25, 0.3) is 0 Å². The van der Waals surface area contributed by atoms with E-state index in [2.05, 4.69) is 4.74 Å². The van der Waals surface area contributed by atoms with Crippen LogP contribution in [-0.4, -0.2) is 60.1 Å². The van der Waals surface area contributed by atoms with Gasteiger partial charge >= 0.3 is 11.9 Å². The molecule has 0 aliphatic carbocycles. The first-order valence-corrected chi connectivity index (χ1v) is 8.16. The van der Waals surface area contributed by atoms with Gasteiger partial charge in [0.15, 0.2) is 0 Å². The molecule has 0 amide bonds. The predicted octanol–water partition coefficient (Wildman–Crippen LogP) is 1.59. The lowest BCUT2D eigenvalue weighted by Crippen LogP contribution is -2.42. The Bertz CT molecular complexity index is 607. The summed E-state index contributed by atoms with van der Waals surface area (Å²) in [5.74, 6) is -0.232. The fourth-order valence-corrected chi connectivity index (χ4v) is 2.60. The highest BCUT2D eigenvalue weighted by atomic mass is 16.6. The van der Waals surface area contributed by atoms with Gasteiger partial charge in [0.1, 0.15) is 24.1 Å². The molecule has 1 aliphatic rings. The molecule has 1 aromatic rings. The molecule has 0 aromatic heterocycles. The molecule has 1 N–H and O–H groups in total. The van der Waals surface area contributed by atoms with E-state index in [0.29, 0.717) is 24.3 Å². The van der Waals surface area contributed by atoms with Crippen LogP contribution in [0.1, 0.15) is 37.6 Å². The third-order valence-electron chi connectivity index (χ3n) is 3.73. The van der Waals surface area contributed by atoms with E-state index in [9.17, 15) is 14.7 Å². The van der Waals surface area contributed by atoms with Gasteiger partial charge in [0, 0.05) is 13.0 Å². The number of aliphatic hydroxyl groups is 1. The monoisotopic (exact) mass is 351 g/mol. The van der Waals surface area contributed by atoms with Crippen LogP contribution in [0.15, 0.2) is 24.3 Å². The number of esters is 2. The van der Waals surface area contributed by atoms with E-state index in [1.54, 1.807) is 49.9 Å². The number of benzene rings is 1. The van der Waals surface area contributed by atoms with Crippen molar-refractivity contribution in [1.29, 1.82) is 0 Å². The highest BCUT2D eigenvalue weighted by Gasteiger charge is 2.38. The summed E-state index contributed by atoms with van der Waals surface area (Å²) < 4.78 is 15.7. The standard InChI is InChI=1S/C18H25NO6/c1-18(2,3)25-17(22)15-9-13(20)10-19(15)11-24-14-7-5-12(6-8-14)16(21)23-4/h5-8,13,15,20H,9-11H2,1-4H3. The summed E-state index contributed by atoms with van der Waals surface area (Å²) in [4.78, 5) is 25.5. The summed E-state index contributed by atoms with van der Waals surface area (Å²) in [5.41, 5.74) is -0.154. The molecule has 0 bridgehead atoms. The van der Waals surface area contributed by atoms with Gasteiger partial charge in [-0.15, -0.1) is 0 Å². The zero-order valence-electron chi connectivity index (χ0n) is 15.0. The smallest absolute Gasteiger partial charge is 0.337 e. The van der Waals surface area contributed by atoms with Crippen molar-refractivity contribution in [2.75, 3.05) is 20.4 Å². The van der Waals surface area contributed by atoms with Crippen LogP contribution in [0.3, 0.4) is 0 Å². The van der Waals surface area contributed by atoms with Crippen LogP contribution in [0.5, 0.6) is 5.75 Å². The summed E-state index contributed by atoms with van der Waals surface area (Å²) in [5, 5.41) is 9.88. The number of carbonyl (C=O) groups excluding carboxylic acids is 2. The zero-order valence-corrected chi connectivity index (χ0v) is 15.0. The van der Waals surface area contributed by atoms with E-state index in [1.807, 2.05) is 0 Å². The number of rotatable bonds is 5. The maximum atomic E-state index is 12.3. The Balaban J connectivity index is 1.96. The highest BCUT2D eigenvalue weighted by molar-refractivity contribution is 5.89. The van der Waals surface area contributed by atoms with E-state index in [0.717, 1.165) is 0 Å². The predicted molar refractivity (Wildman–Crippen MR) is 90.2 cm³/mol. The van der Waals surface area contributed by atoms with Gasteiger partial charge in [-0.2, -0.15) is 0 Å². The minimum Gasteiger partial charge on any atom is -0.478 e. The number of aliphatic hydroxyl groups excluding tert-OH is 1. The lowest BCUT2D eigenvalue weighted by Gasteiger charge is -2.27. The lowest BCUT2D eigenvalue weighted by atomic mass is 10.1.